The van der Waals surface area contributed by atoms with Gasteiger partial charge in [0.15, 0.2) is 0 Å². The number of fused-ring (bicyclic) bond motifs is 3. The number of rotatable bonds is 8. The first-order valence-electron chi connectivity index (χ1n) is 15.8. The zero-order chi connectivity index (χ0) is 28.8. The Bertz CT molecular complexity index is 1370. The number of likely N-dealkylation sites (tertiary alicyclic amines) is 1. The molecule has 3 aliphatic heterocycles. The zero-order valence-corrected chi connectivity index (χ0v) is 25.0. The van der Waals surface area contributed by atoms with Crippen LogP contribution in [0.4, 0.5) is 4.39 Å². The maximum Gasteiger partial charge on any atom is 0.242 e. The van der Waals surface area contributed by atoms with Gasteiger partial charge < -0.3 is 15.2 Å². The molecule has 0 spiro atoms. The Morgan fingerprint density at radius 2 is 1.71 bits per heavy atom. The van der Waals surface area contributed by atoms with Crippen LogP contribution in [0.1, 0.15) is 89.1 Å². The normalized spacial score (nSPS) is 24.7. The molecule has 2 N–H and O–H groups in total. The second-order valence-electron chi connectivity index (χ2n) is 13.0. The van der Waals surface area contributed by atoms with Crippen molar-refractivity contribution in [3.63, 3.8) is 0 Å². The average Bonchev–Trinajstić information content (AvgIpc) is 3.45. The number of carbonyl (C=O) groups excluding carboxylic acids is 1. The van der Waals surface area contributed by atoms with Crippen LogP contribution >= 0.6 is 0 Å². The summed E-state index contributed by atoms with van der Waals surface area (Å²) in [4.78, 5) is 22.9. The molecule has 3 fully saturated rings. The van der Waals surface area contributed by atoms with E-state index < -0.39 is 5.54 Å². The fraction of sp³-hybridized carbons (Fsp3) is 0.588. The van der Waals surface area contributed by atoms with Crippen LogP contribution in [0.3, 0.4) is 0 Å². The van der Waals surface area contributed by atoms with Crippen LogP contribution in [0.25, 0.3) is 11.0 Å². The van der Waals surface area contributed by atoms with Gasteiger partial charge in [-0.2, -0.15) is 0 Å². The Morgan fingerprint density at radius 1 is 1.02 bits per heavy atom. The molecule has 3 saturated heterocycles. The predicted octanol–water partition coefficient (Wildman–Crippen LogP) is 6.12. The highest BCUT2D eigenvalue weighted by Crippen LogP contribution is 2.45. The average molecular weight is 560 g/mol. The van der Waals surface area contributed by atoms with E-state index in [1.54, 1.807) is 6.07 Å². The molecule has 6 nitrogen and oxygen atoms in total. The van der Waals surface area contributed by atoms with E-state index in [2.05, 4.69) is 46.7 Å². The number of nitrogens with zero attached hydrogens (tertiary/aromatic N) is 4. The van der Waals surface area contributed by atoms with E-state index in [4.69, 9.17) is 10.7 Å². The molecule has 1 amide bonds. The lowest BCUT2D eigenvalue weighted by Gasteiger charge is -2.46. The Morgan fingerprint density at radius 3 is 2.37 bits per heavy atom. The summed E-state index contributed by atoms with van der Waals surface area (Å²) in [5.74, 6) is 1.00. The van der Waals surface area contributed by atoms with Gasteiger partial charge in [0.2, 0.25) is 5.91 Å². The van der Waals surface area contributed by atoms with Crippen LogP contribution in [0.2, 0.25) is 0 Å². The molecule has 220 valence electrons. The number of carbonyl (C=O) groups is 1. The number of piperidine rings is 2. The maximum atomic E-state index is 14.5. The van der Waals surface area contributed by atoms with Crippen molar-refractivity contribution in [1.82, 2.24) is 19.4 Å². The SMILES string of the molecule is CCC(N)(CC)C(=O)N1CCC(CCN2C3CCC2CC(n2c(C)nc4ccccc42)C3)(c2cccc(F)c2)CC1. The molecule has 3 aliphatic rings. The highest BCUT2D eigenvalue weighted by Gasteiger charge is 2.45. The number of amides is 1. The number of aromatic nitrogens is 2. The van der Waals surface area contributed by atoms with E-state index in [1.807, 2.05) is 24.8 Å². The van der Waals surface area contributed by atoms with Crippen molar-refractivity contribution in [1.29, 1.82) is 0 Å². The van der Waals surface area contributed by atoms with Crippen LogP contribution in [-0.2, 0) is 10.2 Å². The predicted molar refractivity (Wildman–Crippen MR) is 162 cm³/mol. The summed E-state index contributed by atoms with van der Waals surface area (Å²) in [7, 11) is 0. The number of aryl methyl sites for hydroxylation is 1. The monoisotopic (exact) mass is 559 g/mol. The van der Waals surface area contributed by atoms with Gasteiger partial charge in [0.1, 0.15) is 11.6 Å². The number of halogens is 1. The van der Waals surface area contributed by atoms with Crippen LogP contribution in [0.5, 0.6) is 0 Å². The highest BCUT2D eigenvalue weighted by molar-refractivity contribution is 5.86. The van der Waals surface area contributed by atoms with Gasteiger partial charge in [-0.25, -0.2) is 9.37 Å². The highest BCUT2D eigenvalue weighted by atomic mass is 19.1. The van der Waals surface area contributed by atoms with E-state index in [0.29, 0.717) is 44.1 Å². The molecule has 7 heteroatoms. The largest absolute Gasteiger partial charge is 0.341 e. The van der Waals surface area contributed by atoms with Crippen molar-refractivity contribution in [2.75, 3.05) is 19.6 Å². The van der Waals surface area contributed by atoms with Gasteiger partial charge in [-0.1, -0.05) is 38.1 Å². The number of imidazole rings is 1. The van der Waals surface area contributed by atoms with Crippen molar-refractivity contribution >= 4 is 16.9 Å². The molecular formula is C34H46FN5O. The minimum Gasteiger partial charge on any atom is -0.341 e. The first-order chi connectivity index (χ1) is 19.8. The number of benzene rings is 2. The van der Waals surface area contributed by atoms with Crippen molar-refractivity contribution in [2.45, 2.75) is 108 Å². The molecule has 2 bridgehead atoms. The van der Waals surface area contributed by atoms with Crippen molar-refractivity contribution < 1.29 is 9.18 Å². The van der Waals surface area contributed by atoms with Gasteiger partial charge in [-0.15, -0.1) is 0 Å². The molecule has 0 radical (unpaired) electrons. The summed E-state index contributed by atoms with van der Waals surface area (Å²) in [5.41, 5.74) is 8.99. The lowest BCUT2D eigenvalue weighted by molar-refractivity contribution is -0.139. The first kappa shape index (κ1) is 28.4. The number of hydrogen-bond acceptors (Lipinski definition) is 4. The third-order valence-electron chi connectivity index (χ3n) is 11.0. The molecule has 2 atom stereocenters. The first-order valence-corrected chi connectivity index (χ1v) is 15.8. The van der Waals surface area contributed by atoms with Crippen LogP contribution in [-0.4, -0.2) is 62.5 Å². The second-order valence-corrected chi connectivity index (χ2v) is 13.0. The van der Waals surface area contributed by atoms with Gasteiger partial charge in [-0.3, -0.25) is 9.69 Å². The smallest absolute Gasteiger partial charge is 0.242 e. The summed E-state index contributed by atoms with van der Waals surface area (Å²) >= 11 is 0. The van der Waals surface area contributed by atoms with Gasteiger partial charge in [-0.05, 0) is 106 Å². The van der Waals surface area contributed by atoms with E-state index in [-0.39, 0.29) is 17.1 Å². The maximum absolute atomic E-state index is 14.5. The third-order valence-corrected chi connectivity index (χ3v) is 11.0. The summed E-state index contributed by atoms with van der Waals surface area (Å²) in [6.45, 7) is 8.50. The van der Waals surface area contributed by atoms with Crippen molar-refractivity contribution in [2.24, 2.45) is 5.73 Å². The molecule has 2 unspecified atom stereocenters. The molecule has 6 rings (SSSR count). The zero-order valence-electron chi connectivity index (χ0n) is 25.0. The molecule has 4 heterocycles. The van der Waals surface area contributed by atoms with Gasteiger partial charge >= 0.3 is 0 Å². The summed E-state index contributed by atoms with van der Waals surface area (Å²) in [5, 5.41) is 0. The van der Waals surface area contributed by atoms with Crippen LogP contribution in [0, 0.1) is 12.7 Å². The molecule has 2 aromatic carbocycles. The molecular weight excluding hydrogens is 513 g/mol. The molecule has 3 aromatic rings. The Hall–Kier alpha value is -2.77. The molecule has 0 aliphatic carbocycles. The van der Waals surface area contributed by atoms with Crippen molar-refractivity contribution in [3.05, 3.63) is 65.7 Å². The summed E-state index contributed by atoms with van der Waals surface area (Å²) < 4.78 is 17.0. The molecule has 41 heavy (non-hydrogen) atoms. The van der Waals surface area contributed by atoms with Crippen molar-refractivity contribution in [3.8, 4) is 0 Å². The van der Waals surface area contributed by atoms with Gasteiger partial charge in [0, 0.05) is 31.2 Å². The number of nitrogens with two attached hydrogens (primary N) is 1. The van der Waals surface area contributed by atoms with E-state index in [0.717, 1.165) is 55.6 Å². The van der Waals surface area contributed by atoms with Gasteiger partial charge in [0.05, 0.1) is 16.6 Å². The third kappa shape index (κ3) is 5.10. The molecule has 0 saturated carbocycles. The molecule has 1 aromatic heterocycles. The minimum atomic E-state index is -0.790. The lowest BCUT2D eigenvalue weighted by atomic mass is 9.70. The Kier molecular flexibility index (Phi) is 7.70. The van der Waals surface area contributed by atoms with Crippen LogP contribution < -0.4 is 5.73 Å². The van der Waals surface area contributed by atoms with E-state index >= 15 is 0 Å². The second kappa shape index (κ2) is 11.1. The fourth-order valence-electron chi connectivity index (χ4n) is 8.30. The minimum absolute atomic E-state index is 0.0674. The Balaban J connectivity index is 1.18. The quantitative estimate of drug-likeness (QED) is 0.361. The lowest BCUT2D eigenvalue weighted by Crippen LogP contribution is -2.57. The van der Waals surface area contributed by atoms with E-state index in [1.165, 1.54) is 24.4 Å². The fourth-order valence-corrected chi connectivity index (χ4v) is 8.30. The summed E-state index contributed by atoms with van der Waals surface area (Å²) in [6, 6.07) is 17.3. The topological polar surface area (TPSA) is 67.4 Å². The number of hydrogen-bond donors (Lipinski definition) is 1. The standard InChI is InChI=1S/C34H46FN5O/c1-4-34(36,5-2)32(41)38-18-15-33(16-19-38,25-9-8-10-26(35)21-25)17-20-39-27-13-14-28(39)23-29(22-27)40-24(3)37-30-11-6-7-12-31(30)40/h6-12,21,27-29H,4-5,13-20,22-23,36H2,1-3H3. The summed E-state index contributed by atoms with van der Waals surface area (Å²) in [6.07, 6.45) is 8.75. The van der Waals surface area contributed by atoms with Gasteiger partial charge in [0.25, 0.3) is 0 Å². The number of para-hydroxylation sites is 2. The van der Waals surface area contributed by atoms with E-state index in [9.17, 15) is 9.18 Å². The Labute approximate surface area is 244 Å². The van der Waals surface area contributed by atoms with Crippen LogP contribution in [0.15, 0.2) is 48.5 Å².